The number of benzene rings is 1. The van der Waals surface area contributed by atoms with E-state index in [2.05, 4.69) is 5.32 Å². The van der Waals surface area contributed by atoms with E-state index in [0.717, 1.165) is 19.4 Å². The summed E-state index contributed by atoms with van der Waals surface area (Å²) in [6, 6.07) is 6.72. The first-order valence-electron chi connectivity index (χ1n) is 7.85. The lowest BCUT2D eigenvalue weighted by Crippen LogP contribution is -2.42. The van der Waals surface area contributed by atoms with Crippen LogP contribution in [0.25, 0.3) is 0 Å². The Morgan fingerprint density at radius 3 is 2.52 bits per heavy atom. The molecule has 2 rings (SSSR count). The van der Waals surface area contributed by atoms with Crippen molar-refractivity contribution in [3.8, 4) is 5.75 Å². The summed E-state index contributed by atoms with van der Waals surface area (Å²) in [5, 5.41) is 3.14. The van der Waals surface area contributed by atoms with Crippen molar-refractivity contribution < 1.29 is 13.2 Å². The zero-order valence-corrected chi connectivity index (χ0v) is 15.6. The molecule has 23 heavy (non-hydrogen) atoms. The predicted octanol–water partition coefficient (Wildman–Crippen LogP) is 2.52. The molecule has 0 spiro atoms. The summed E-state index contributed by atoms with van der Waals surface area (Å²) in [6.07, 6.45) is 2.07. The maximum absolute atomic E-state index is 12.7. The summed E-state index contributed by atoms with van der Waals surface area (Å²) in [6.45, 7) is 5.94. The Labute approximate surface area is 145 Å². The van der Waals surface area contributed by atoms with Gasteiger partial charge >= 0.3 is 0 Å². The van der Waals surface area contributed by atoms with Gasteiger partial charge in [0.1, 0.15) is 5.75 Å². The Bertz CT molecular complexity index is 573. The fraction of sp³-hybridized carbons (Fsp3) is 0.625. The number of nitrogens with one attached hydrogen (secondary N) is 1. The quantitative estimate of drug-likeness (QED) is 0.844. The Hall–Kier alpha value is -0.820. The average molecular weight is 363 g/mol. The lowest BCUT2D eigenvalue weighted by atomic mass is 10.00. The van der Waals surface area contributed by atoms with Gasteiger partial charge in [0.25, 0.3) is 0 Å². The summed E-state index contributed by atoms with van der Waals surface area (Å²) < 4.78 is 32.6. The molecule has 0 aromatic heterocycles. The molecule has 1 aliphatic rings. The fourth-order valence-corrected chi connectivity index (χ4v) is 4.37. The van der Waals surface area contributed by atoms with Gasteiger partial charge in [-0.05, 0) is 70.5 Å². The van der Waals surface area contributed by atoms with Crippen LogP contribution in [0.5, 0.6) is 5.75 Å². The predicted molar refractivity (Wildman–Crippen MR) is 94.9 cm³/mol. The van der Waals surface area contributed by atoms with E-state index in [1.807, 2.05) is 20.9 Å². The minimum atomic E-state index is -3.41. The smallest absolute Gasteiger partial charge is 0.243 e. The topological polar surface area (TPSA) is 58.6 Å². The van der Waals surface area contributed by atoms with Crippen molar-refractivity contribution in [3.63, 3.8) is 0 Å². The van der Waals surface area contributed by atoms with E-state index in [-0.39, 0.29) is 18.5 Å². The van der Waals surface area contributed by atoms with Crippen molar-refractivity contribution in [2.24, 2.45) is 5.92 Å². The SMILES string of the molecule is CNCC1CCCN(S(=O)(=O)c2ccc(OC(C)C)cc2)C1.Cl. The van der Waals surface area contributed by atoms with Gasteiger partial charge in [-0.2, -0.15) is 4.31 Å². The van der Waals surface area contributed by atoms with Crippen LogP contribution in [0.1, 0.15) is 26.7 Å². The summed E-state index contributed by atoms with van der Waals surface area (Å²) in [5.41, 5.74) is 0. The molecule has 1 saturated heterocycles. The van der Waals surface area contributed by atoms with E-state index < -0.39 is 10.0 Å². The molecule has 132 valence electrons. The van der Waals surface area contributed by atoms with Crippen molar-refractivity contribution >= 4 is 22.4 Å². The largest absolute Gasteiger partial charge is 0.491 e. The van der Waals surface area contributed by atoms with Crippen LogP contribution in [0.15, 0.2) is 29.2 Å². The molecule has 1 heterocycles. The third-order valence-electron chi connectivity index (χ3n) is 3.81. The number of nitrogens with zero attached hydrogens (tertiary/aromatic N) is 1. The van der Waals surface area contributed by atoms with E-state index in [1.54, 1.807) is 28.6 Å². The molecule has 1 aromatic carbocycles. The molecule has 0 aliphatic carbocycles. The van der Waals surface area contributed by atoms with Crippen LogP contribution in [0.3, 0.4) is 0 Å². The van der Waals surface area contributed by atoms with Crippen LogP contribution in [-0.2, 0) is 10.0 Å². The Balaban J connectivity index is 0.00000264. The third-order valence-corrected chi connectivity index (χ3v) is 5.69. The summed E-state index contributed by atoms with van der Waals surface area (Å²) in [4.78, 5) is 0.341. The van der Waals surface area contributed by atoms with Crippen molar-refractivity contribution in [2.45, 2.75) is 37.7 Å². The number of piperidine rings is 1. The monoisotopic (exact) mass is 362 g/mol. The Morgan fingerprint density at radius 1 is 1.30 bits per heavy atom. The number of sulfonamides is 1. The van der Waals surface area contributed by atoms with Gasteiger partial charge in [0, 0.05) is 13.1 Å². The second-order valence-corrected chi connectivity index (χ2v) is 8.00. The maximum Gasteiger partial charge on any atom is 0.243 e. The molecule has 1 fully saturated rings. The summed E-state index contributed by atoms with van der Waals surface area (Å²) >= 11 is 0. The third kappa shape index (κ3) is 5.35. The van der Waals surface area contributed by atoms with Crippen molar-refractivity contribution in [1.29, 1.82) is 0 Å². The molecule has 1 unspecified atom stereocenters. The van der Waals surface area contributed by atoms with Gasteiger partial charge in [0.2, 0.25) is 10.0 Å². The highest BCUT2D eigenvalue weighted by Gasteiger charge is 2.29. The Kier molecular flexibility index (Phi) is 7.80. The van der Waals surface area contributed by atoms with Gasteiger partial charge in [0.05, 0.1) is 11.0 Å². The highest BCUT2D eigenvalue weighted by Crippen LogP contribution is 2.25. The Morgan fingerprint density at radius 2 is 1.96 bits per heavy atom. The van der Waals surface area contributed by atoms with Crippen LogP contribution in [0.4, 0.5) is 0 Å². The van der Waals surface area contributed by atoms with Gasteiger partial charge in [-0.15, -0.1) is 12.4 Å². The van der Waals surface area contributed by atoms with Crippen molar-refractivity contribution in [2.75, 3.05) is 26.7 Å². The van der Waals surface area contributed by atoms with E-state index >= 15 is 0 Å². The van der Waals surface area contributed by atoms with E-state index in [0.29, 0.717) is 29.7 Å². The van der Waals surface area contributed by atoms with Gasteiger partial charge in [-0.1, -0.05) is 0 Å². The van der Waals surface area contributed by atoms with Crippen LogP contribution in [0.2, 0.25) is 0 Å². The van der Waals surface area contributed by atoms with Gasteiger partial charge < -0.3 is 10.1 Å². The summed E-state index contributed by atoms with van der Waals surface area (Å²) in [5.74, 6) is 1.08. The zero-order chi connectivity index (χ0) is 16.2. The molecule has 0 saturated carbocycles. The number of hydrogen-bond acceptors (Lipinski definition) is 4. The maximum atomic E-state index is 12.7. The first-order chi connectivity index (χ1) is 10.4. The number of halogens is 1. The molecule has 0 bridgehead atoms. The number of ether oxygens (including phenoxy) is 1. The molecular weight excluding hydrogens is 336 g/mol. The van der Waals surface area contributed by atoms with Gasteiger partial charge in [-0.25, -0.2) is 8.42 Å². The summed E-state index contributed by atoms with van der Waals surface area (Å²) in [7, 11) is -1.50. The van der Waals surface area contributed by atoms with E-state index in [9.17, 15) is 8.42 Å². The first kappa shape index (κ1) is 20.2. The highest BCUT2D eigenvalue weighted by molar-refractivity contribution is 7.89. The first-order valence-corrected chi connectivity index (χ1v) is 9.29. The molecule has 1 aromatic rings. The second kappa shape index (κ2) is 8.87. The molecule has 1 N–H and O–H groups in total. The molecule has 0 radical (unpaired) electrons. The molecule has 5 nitrogen and oxygen atoms in total. The zero-order valence-electron chi connectivity index (χ0n) is 14.0. The van der Waals surface area contributed by atoms with E-state index in [1.165, 1.54) is 0 Å². The van der Waals surface area contributed by atoms with Crippen LogP contribution < -0.4 is 10.1 Å². The average Bonchev–Trinajstić information content (AvgIpc) is 2.48. The number of rotatable bonds is 6. The lowest BCUT2D eigenvalue weighted by Gasteiger charge is -2.31. The minimum Gasteiger partial charge on any atom is -0.491 e. The normalized spacial score (nSPS) is 19.4. The van der Waals surface area contributed by atoms with Crippen molar-refractivity contribution in [3.05, 3.63) is 24.3 Å². The van der Waals surface area contributed by atoms with Crippen molar-refractivity contribution in [1.82, 2.24) is 9.62 Å². The molecule has 7 heteroatoms. The van der Waals surface area contributed by atoms with Gasteiger partial charge in [0.15, 0.2) is 0 Å². The van der Waals surface area contributed by atoms with Crippen LogP contribution in [-0.4, -0.2) is 45.5 Å². The fourth-order valence-electron chi connectivity index (χ4n) is 2.81. The minimum absolute atomic E-state index is 0. The van der Waals surface area contributed by atoms with Crippen LogP contribution >= 0.6 is 12.4 Å². The lowest BCUT2D eigenvalue weighted by molar-refractivity contribution is 0.242. The molecular formula is C16H27ClN2O3S. The number of hydrogen-bond donors (Lipinski definition) is 1. The van der Waals surface area contributed by atoms with Crippen LogP contribution in [0, 0.1) is 5.92 Å². The molecule has 1 atom stereocenters. The molecule has 0 amide bonds. The molecule has 1 aliphatic heterocycles. The second-order valence-electron chi connectivity index (χ2n) is 6.07. The van der Waals surface area contributed by atoms with Gasteiger partial charge in [-0.3, -0.25) is 0 Å². The van der Waals surface area contributed by atoms with E-state index in [4.69, 9.17) is 4.74 Å². The standard InChI is InChI=1S/C16H26N2O3S.ClH/c1-13(2)21-15-6-8-16(9-7-15)22(19,20)18-10-4-5-14(12-18)11-17-3;/h6-9,13-14,17H,4-5,10-12H2,1-3H3;1H. The highest BCUT2D eigenvalue weighted by atomic mass is 35.5.